The lowest BCUT2D eigenvalue weighted by Gasteiger charge is -2.21. The standard InChI is InChI=1S/C28H50N4O5/c1-2-3-4-5-6-7-8-9-10-11-12-13-14-15-16-17-19-29-20-22-31(24-27(35)36)26(34)23-32-21-18-25(33)30-28(32)37/h18,21,29H,2-17,19-20,22-24H2,1H3,(H,35,36)(H,30,33,37). The van der Waals surface area contributed by atoms with Crippen molar-refractivity contribution in [2.75, 3.05) is 26.2 Å². The zero-order valence-corrected chi connectivity index (χ0v) is 23.0. The molecular weight excluding hydrogens is 472 g/mol. The molecular formula is C28H50N4O5. The van der Waals surface area contributed by atoms with E-state index < -0.39 is 29.7 Å². The summed E-state index contributed by atoms with van der Waals surface area (Å²) in [5.74, 6) is -1.60. The number of carboxylic acid groups (broad SMARTS) is 1. The maximum Gasteiger partial charge on any atom is 0.328 e. The molecule has 1 aromatic heterocycles. The molecule has 0 bridgehead atoms. The monoisotopic (exact) mass is 522 g/mol. The molecule has 1 amide bonds. The fraction of sp³-hybridized carbons (Fsp3) is 0.786. The van der Waals surface area contributed by atoms with Gasteiger partial charge in [0.1, 0.15) is 13.1 Å². The number of nitrogens with one attached hydrogen (secondary N) is 2. The molecule has 0 aromatic carbocycles. The van der Waals surface area contributed by atoms with E-state index in [0.717, 1.165) is 30.0 Å². The lowest BCUT2D eigenvalue weighted by molar-refractivity contribution is -0.144. The highest BCUT2D eigenvalue weighted by Crippen LogP contribution is 2.13. The third kappa shape index (κ3) is 17.6. The molecule has 212 valence electrons. The minimum absolute atomic E-state index is 0.238. The number of unbranched alkanes of at least 4 members (excludes halogenated alkanes) is 15. The van der Waals surface area contributed by atoms with Gasteiger partial charge in [-0.25, -0.2) is 4.79 Å². The van der Waals surface area contributed by atoms with Crippen LogP contribution in [0.3, 0.4) is 0 Å². The molecule has 0 saturated heterocycles. The van der Waals surface area contributed by atoms with Crippen LogP contribution in [0.15, 0.2) is 21.9 Å². The van der Waals surface area contributed by atoms with Gasteiger partial charge >= 0.3 is 11.7 Å². The zero-order valence-electron chi connectivity index (χ0n) is 23.0. The number of rotatable bonds is 24. The third-order valence-electron chi connectivity index (χ3n) is 6.65. The van der Waals surface area contributed by atoms with Crippen LogP contribution in [0, 0.1) is 0 Å². The molecule has 1 rings (SSSR count). The van der Waals surface area contributed by atoms with Gasteiger partial charge in [-0.05, 0) is 13.0 Å². The van der Waals surface area contributed by atoms with Crippen LogP contribution in [0.4, 0.5) is 0 Å². The quantitative estimate of drug-likeness (QED) is 0.174. The highest BCUT2D eigenvalue weighted by atomic mass is 16.4. The maximum absolute atomic E-state index is 12.5. The second-order valence-electron chi connectivity index (χ2n) is 10.0. The van der Waals surface area contributed by atoms with Gasteiger partial charge in [-0.15, -0.1) is 0 Å². The molecule has 9 nitrogen and oxygen atoms in total. The smallest absolute Gasteiger partial charge is 0.328 e. The largest absolute Gasteiger partial charge is 0.480 e. The Kier molecular flexibility index (Phi) is 19.1. The van der Waals surface area contributed by atoms with E-state index in [9.17, 15) is 19.2 Å². The Bertz CT molecular complexity index is 851. The Morgan fingerprint density at radius 1 is 0.838 bits per heavy atom. The molecule has 37 heavy (non-hydrogen) atoms. The first kappa shape index (κ1) is 32.6. The van der Waals surface area contributed by atoms with Crippen molar-refractivity contribution in [1.82, 2.24) is 19.8 Å². The first-order valence-electron chi connectivity index (χ1n) is 14.4. The van der Waals surface area contributed by atoms with Crippen LogP contribution in [-0.4, -0.2) is 57.6 Å². The summed E-state index contributed by atoms with van der Waals surface area (Å²) in [7, 11) is 0. The lowest BCUT2D eigenvalue weighted by Crippen LogP contribution is -2.43. The Morgan fingerprint density at radius 2 is 1.35 bits per heavy atom. The third-order valence-corrected chi connectivity index (χ3v) is 6.65. The van der Waals surface area contributed by atoms with Crippen molar-refractivity contribution in [3.63, 3.8) is 0 Å². The molecule has 0 radical (unpaired) electrons. The molecule has 1 heterocycles. The van der Waals surface area contributed by atoms with Gasteiger partial charge < -0.3 is 15.3 Å². The molecule has 9 heteroatoms. The van der Waals surface area contributed by atoms with Gasteiger partial charge in [-0.1, -0.05) is 103 Å². The van der Waals surface area contributed by atoms with Crippen LogP contribution in [-0.2, 0) is 16.1 Å². The summed E-state index contributed by atoms with van der Waals surface area (Å²) in [6, 6.07) is 1.15. The zero-order chi connectivity index (χ0) is 27.1. The molecule has 0 fully saturated rings. The van der Waals surface area contributed by atoms with E-state index in [1.807, 2.05) is 0 Å². The number of carbonyl (C=O) groups is 2. The predicted molar refractivity (Wildman–Crippen MR) is 148 cm³/mol. The van der Waals surface area contributed by atoms with Crippen molar-refractivity contribution in [2.45, 2.75) is 116 Å². The van der Waals surface area contributed by atoms with Crippen LogP contribution in [0.2, 0.25) is 0 Å². The number of aliphatic carboxylic acids is 1. The molecule has 0 atom stereocenters. The Balaban J connectivity index is 2.02. The van der Waals surface area contributed by atoms with Gasteiger partial charge in [0.05, 0.1) is 0 Å². The first-order valence-corrected chi connectivity index (χ1v) is 14.4. The van der Waals surface area contributed by atoms with Crippen molar-refractivity contribution in [3.8, 4) is 0 Å². The highest BCUT2D eigenvalue weighted by molar-refractivity contribution is 5.81. The Morgan fingerprint density at radius 3 is 1.84 bits per heavy atom. The molecule has 0 spiro atoms. The lowest BCUT2D eigenvalue weighted by atomic mass is 10.0. The Hall–Kier alpha value is -2.42. The van der Waals surface area contributed by atoms with E-state index in [4.69, 9.17) is 5.11 Å². The average molecular weight is 523 g/mol. The van der Waals surface area contributed by atoms with E-state index in [1.54, 1.807) is 0 Å². The second kappa shape index (κ2) is 21.6. The molecule has 0 saturated carbocycles. The van der Waals surface area contributed by atoms with Crippen molar-refractivity contribution in [2.24, 2.45) is 0 Å². The summed E-state index contributed by atoms with van der Waals surface area (Å²) in [5.41, 5.74) is -1.24. The number of carbonyl (C=O) groups excluding carboxylic acids is 1. The number of H-pyrrole nitrogens is 1. The van der Waals surface area contributed by atoms with E-state index in [0.29, 0.717) is 6.54 Å². The van der Waals surface area contributed by atoms with E-state index in [2.05, 4.69) is 17.2 Å². The van der Waals surface area contributed by atoms with Crippen LogP contribution >= 0.6 is 0 Å². The summed E-state index contributed by atoms with van der Waals surface area (Å²) in [4.78, 5) is 49.9. The highest BCUT2D eigenvalue weighted by Gasteiger charge is 2.17. The van der Waals surface area contributed by atoms with Crippen LogP contribution in [0.5, 0.6) is 0 Å². The number of aromatic nitrogens is 2. The molecule has 0 aliphatic carbocycles. The van der Waals surface area contributed by atoms with E-state index >= 15 is 0 Å². The SMILES string of the molecule is CCCCCCCCCCCCCCCCCCNCCN(CC(=O)O)C(=O)Cn1ccc(=O)[nH]c1=O. The minimum atomic E-state index is -1.11. The number of hydrogen-bond donors (Lipinski definition) is 3. The van der Waals surface area contributed by atoms with Crippen LogP contribution in [0.25, 0.3) is 0 Å². The van der Waals surface area contributed by atoms with Crippen molar-refractivity contribution >= 4 is 11.9 Å². The number of aromatic amines is 1. The van der Waals surface area contributed by atoms with Crippen molar-refractivity contribution in [3.05, 3.63) is 33.1 Å². The van der Waals surface area contributed by atoms with E-state index in [-0.39, 0.29) is 13.1 Å². The maximum atomic E-state index is 12.5. The average Bonchev–Trinajstić information content (AvgIpc) is 2.86. The summed E-state index contributed by atoms with van der Waals surface area (Å²) >= 11 is 0. The minimum Gasteiger partial charge on any atom is -0.480 e. The molecule has 3 N–H and O–H groups in total. The number of carboxylic acids is 1. The number of hydrogen-bond acceptors (Lipinski definition) is 5. The fourth-order valence-corrected chi connectivity index (χ4v) is 4.41. The van der Waals surface area contributed by atoms with Gasteiger partial charge in [-0.3, -0.25) is 23.9 Å². The second-order valence-corrected chi connectivity index (χ2v) is 10.0. The van der Waals surface area contributed by atoms with Crippen LogP contribution in [0.1, 0.15) is 110 Å². The van der Waals surface area contributed by atoms with Crippen molar-refractivity contribution < 1.29 is 14.7 Å². The van der Waals surface area contributed by atoms with Gasteiger partial charge in [0.15, 0.2) is 0 Å². The summed E-state index contributed by atoms with van der Waals surface area (Å²) in [6.45, 7) is 3.06. The van der Waals surface area contributed by atoms with E-state index in [1.165, 1.54) is 101 Å². The number of amides is 1. The Labute approximate surface area is 222 Å². The van der Waals surface area contributed by atoms with Gasteiger partial charge in [-0.2, -0.15) is 0 Å². The molecule has 1 aromatic rings. The van der Waals surface area contributed by atoms with Gasteiger partial charge in [0.25, 0.3) is 5.56 Å². The fourth-order valence-electron chi connectivity index (χ4n) is 4.41. The molecule has 0 unspecified atom stereocenters. The van der Waals surface area contributed by atoms with Gasteiger partial charge in [0.2, 0.25) is 5.91 Å². The summed E-state index contributed by atoms with van der Waals surface area (Å²) < 4.78 is 1.06. The van der Waals surface area contributed by atoms with Crippen molar-refractivity contribution in [1.29, 1.82) is 0 Å². The first-order chi connectivity index (χ1) is 17.9. The predicted octanol–water partition coefficient (Wildman–Crippen LogP) is 4.30. The summed E-state index contributed by atoms with van der Waals surface area (Å²) in [6.07, 6.45) is 22.5. The normalized spacial score (nSPS) is 11.1. The van der Waals surface area contributed by atoms with Crippen LogP contribution < -0.4 is 16.6 Å². The van der Waals surface area contributed by atoms with Gasteiger partial charge in [0, 0.05) is 25.4 Å². The number of nitrogens with zero attached hydrogens (tertiary/aromatic N) is 2. The molecule has 0 aliphatic heterocycles. The topological polar surface area (TPSA) is 124 Å². The molecule has 0 aliphatic rings. The summed E-state index contributed by atoms with van der Waals surface area (Å²) in [5, 5.41) is 12.4.